The molecule has 0 saturated heterocycles. The first-order valence-electron chi connectivity index (χ1n) is 5.69. The normalized spacial score (nSPS) is 10.6. The summed E-state index contributed by atoms with van der Waals surface area (Å²) in [7, 11) is 1.60. The summed E-state index contributed by atoms with van der Waals surface area (Å²) < 4.78 is 7.07. The molecule has 1 N–H and O–H groups in total. The third-order valence-electron chi connectivity index (χ3n) is 2.71. The van der Waals surface area contributed by atoms with Gasteiger partial charge in [0.05, 0.1) is 19.9 Å². The van der Waals surface area contributed by atoms with Gasteiger partial charge in [-0.05, 0) is 11.6 Å². The summed E-state index contributed by atoms with van der Waals surface area (Å²) in [5.74, 6) is 0.670. The molecular weight excluding hydrogens is 252 g/mol. The maximum atomic E-state index is 8.97. The first-order chi connectivity index (χ1) is 8.76. The van der Waals surface area contributed by atoms with Crippen molar-refractivity contribution >= 4 is 11.6 Å². The SMILES string of the molecule is COc1c(CCO)cnn1Cc1ccccc1Cl. The summed E-state index contributed by atoms with van der Waals surface area (Å²) in [6.07, 6.45) is 2.25. The highest BCUT2D eigenvalue weighted by Crippen LogP contribution is 2.22. The van der Waals surface area contributed by atoms with Crippen LogP contribution >= 0.6 is 11.6 Å². The topological polar surface area (TPSA) is 47.3 Å². The first-order valence-corrected chi connectivity index (χ1v) is 6.07. The second-order valence-electron chi connectivity index (χ2n) is 3.90. The quantitative estimate of drug-likeness (QED) is 0.902. The minimum Gasteiger partial charge on any atom is -0.481 e. The van der Waals surface area contributed by atoms with Gasteiger partial charge in [-0.1, -0.05) is 29.8 Å². The lowest BCUT2D eigenvalue weighted by atomic mass is 10.2. The zero-order valence-corrected chi connectivity index (χ0v) is 10.9. The molecule has 0 spiro atoms. The predicted octanol–water partition coefficient (Wildman–Crippen LogP) is 2.13. The van der Waals surface area contributed by atoms with Crippen molar-refractivity contribution in [2.24, 2.45) is 0 Å². The van der Waals surface area contributed by atoms with E-state index in [1.807, 2.05) is 24.3 Å². The molecule has 2 rings (SSSR count). The predicted molar refractivity (Wildman–Crippen MR) is 70.1 cm³/mol. The molecule has 0 atom stereocenters. The Labute approximate surface area is 111 Å². The maximum absolute atomic E-state index is 8.97. The second kappa shape index (κ2) is 5.89. The van der Waals surface area contributed by atoms with Crippen LogP contribution < -0.4 is 4.74 Å². The smallest absolute Gasteiger partial charge is 0.215 e. The molecule has 0 aliphatic rings. The van der Waals surface area contributed by atoms with E-state index in [1.165, 1.54) is 0 Å². The molecule has 96 valence electrons. The molecule has 0 fully saturated rings. The van der Waals surface area contributed by atoms with Gasteiger partial charge in [0.1, 0.15) is 0 Å². The van der Waals surface area contributed by atoms with Crippen LogP contribution in [-0.4, -0.2) is 28.6 Å². The number of ether oxygens (including phenoxy) is 1. The third-order valence-corrected chi connectivity index (χ3v) is 3.08. The summed E-state index contributed by atoms with van der Waals surface area (Å²) in [6, 6.07) is 7.63. The zero-order valence-electron chi connectivity index (χ0n) is 10.1. The van der Waals surface area contributed by atoms with Crippen LogP contribution in [0.1, 0.15) is 11.1 Å². The minimum absolute atomic E-state index is 0.0775. The highest BCUT2D eigenvalue weighted by Gasteiger charge is 2.12. The number of nitrogens with zero attached hydrogens (tertiary/aromatic N) is 2. The van der Waals surface area contributed by atoms with E-state index in [-0.39, 0.29) is 6.61 Å². The number of hydrogen-bond donors (Lipinski definition) is 1. The molecule has 1 aromatic heterocycles. The van der Waals surface area contributed by atoms with Crippen LogP contribution in [0.15, 0.2) is 30.5 Å². The standard InChI is InChI=1S/C13H15ClN2O2/c1-18-13-10(6-7-17)8-15-16(13)9-11-4-2-3-5-12(11)14/h2-5,8,17H,6-7,9H2,1H3. The Morgan fingerprint density at radius 1 is 1.33 bits per heavy atom. The number of methoxy groups -OCH3 is 1. The van der Waals surface area contributed by atoms with Gasteiger partial charge in [-0.3, -0.25) is 0 Å². The van der Waals surface area contributed by atoms with Gasteiger partial charge in [-0.25, -0.2) is 4.68 Å². The molecular formula is C13H15ClN2O2. The van der Waals surface area contributed by atoms with Gasteiger partial charge in [0.15, 0.2) is 0 Å². The molecule has 0 saturated carbocycles. The lowest BCUT2D eigenvalue weighted by Crippen LogP contribution is -2.05. The summed E-state index contributed by atoms with van der Waals surface area (Å²) in [4.78, 5) is 0. The number of aliphatic hydroxyl groups is 1. The van der Waals surface area contributed by atoms with E-state index in [9.17, 15) is 0 Å². The Morgan fingerprint density at radius 2 is 2.11 bits per heavy atom. The van der Waals surface area contributed by atoms with Crippen molar-refractivity contribution in [3.8, 4) is 5.88 Å². The van der Waals surface area contributed by atoms with Gasteiger partial charge in [-0.15, -0.1) is 0 Å². The highest BCUT2D eigenvalue weighted by atomic mass is 35.5. The Morgan fingerprint density at radius 3 is 2.78 bits per heavy atom. The Balaban J connectivity index is 2.27. The van der Waals surface area contributed by atoms with E-state index >= 15 is 0 Å². The largest absolute Gasteiger partial charge is 0.481 e. The minimum atomic E-state index is 0.0775. The van der Waals surface area contributed by atoms with Crippen LogP contribution in [0.25, 0.3) is 0 Å². The Kier molecular flexibility index (Phi) is 4.23. The average Bonchev–Trinajstić information content (AvgIpc) is 2.75. The molecule has 18 heavy (non-hydrogen) atoms. The molecule has 1 aromatic carbocycles. The fourth-order valence-corrected chi connectivity index (χ4v) is 2.04. The molecule has 0 amide bonds. The van der Waals surface area contributed by atoms with E-state index in [2.05, 4.69) is 5.10 Å². The second-order valence-corrected chi connectivity index (χ2v) is 4.31. The van der Waals surface area contributed by atoms with Gasteiger partial charge in [-0.2, -0.15) is 5.10 Å². The van der Waals surface area contributed by atoms with Gasteiger partial charge in [0.25, 0.3) is 0 Å². The molecule has 1 heterocycles. The van der Waals surface area contributed by atoms with Gasteiger partial charge in [0.2, 0.25) is 5.88 Å². The number of rotatable bonds is 5. The maximum Gasteiger partial charge on any atom is 0.215 e. The fraction of sp³-hybridized carbons (Fsp3) is 0.308. The molecule has 2 aromatic rings. The zero-order chi connectivity index (χ0) is 13.0. The number of hydrogen-bond acceptors (Lipinski definition) is 3. The van der Waals surface area contributed by atoms with Crippen molar-refractivity contribution in [1.82, 2.24) is 9.78 Å². The van der Waals surface area contributed by atoms with Crippen LogP contribution in [-0.2, 0) is 13.0 Å². The van der Waals surface area contributed by atoms with Crippen molar-refractivity contribution in [2.45, 2.75) is 13.0 Å². The van der Waals surface area contributed by atoms with E-state index < -0.39 is 0 Å². The van der Waals surface area contributed by atoms with Crippen molar-refractivity contribution in [3.63, 3.8) is 0 Å². The van der Waals surface area contributed by atoms with Crippen LogP contribution in [0.4, 0.5) is 0 Å². The number of aliphatic hydroxyl groups excluding tert-OH is 1. The fourth-order valence-electron chi connectivity index (χ4n) is 1.84. The monoisotopic (exact) mass is 266 g/mol. The molecule has 0 unspecified atom stereocenters. The summed E-state index contributed by atoms with van der Waals surface area (Å²) in [5, 5.41) is 13.9. The molecule has 5 heteroatoms. The summed E-state index contributed by atoms with van der Waals surface area (Å²) >= 11 is 6.12. The summed E-state index contributed by atoms with van der Waals surface area (Å²) in [5.41, 5.74) is 1.88. The molecule has 4 nitrogen and oxygen atoms in total. The Hall–Kier alpha value is -1.52. The third kappa shape index (κ3) is 2.66. The molecule has 0 aliphatic carbocycles. The van der Waals surface area contributed by atoms with Crippen LogP contribution in [0, 0.1) is 0 Å². The number of benzene rings is 1. The molecule has 0 aliphatic heterocycles. The van der Waals surface area contributed by atoms with Crippen LogP contribution in [0.2, 0.25) is 5.02 Å². The van der Waals surface area contributed by atoms with Crippen LogP contribution in [0.5, 0.6) is 5.88 Å². The average molecular weight is 267 g/mol. The molecule has 0 bridgehead atoms. The van der Waals surface area contributed by atoms with Gasteiger partial charge >= 0.3 is 0 Å². The van der Waals surface area contributed by atoms with Crippen molar-refractivity contribution in [1.29, 1.82) is 0 Å². The lowest BCUT2D eigenvalue weighted by Gasteiger charge is -2.09. The molecule has 0 radical (unpaired) electrons. The number of aromatic nitrogens is 2. The number of halogens is 1. The highest BCUT2D eigenvalue weighted by molar-refractivity contribution is 6.31. The van der Waals surface area contributed by atoms with E-state index in [4.69, 9.17) is 21.4 Å². The Bertz CT molecular complexity index is 525. The van der Waals surface area contributed by atoms with Crippen molar-refractivity contribution < 1.29 is 9.84 Å². The van der Waals surface area contributed by atoms with Gasteiger partial charge in [0, 0.05) is 23.6 Å². The van der Waals surface area contributed by atoms with Crippen molar-refractivity contribution in [2.75, 3.05) is 13.7 Å². The van der Waals surface area contributed by atoms with Gasteiger partial charge < -0.3 is 9.84 Å². The van der Waals surface area contributed by atoms with Crippen LogP contribution in [0.3, 0.4) is 0 Å². The van der Waals surface area contributed by atoms with Crippen molar-refractivity contribution in [3.05, 3.63) is 46.6 Å². The van der Waals surface area contributed by atoms with E-state index in [0.29, 0.717) is 23.9 Å². The lowest BCUT2D eigenvalue weighted by molar-refractivity contribution is 0.295. The first kappa shape index (κ1) is 12.9. The van der Waals surface area contributed by atoms with E-state index in [1.54, 1.807) is 18.0 Å². The van der Waals surface area contributed by atoms with E-state index in [0.717, 1.165) is 11.1 Å². The summed E-state index contributed by atoms with van der Waals surface area (Å²) in [6.45, 7) is 0.627.